The zero-order valence-electron chi connectivity index (χ0n) is 17.8. The molecule has 0 amide bonds. The Kier molecular flexibility index (Phi) is 6.27. The van der Waals surface area contributed by atoms with Gasteiger partial charge in [-0.15, -0.1) is 11.3 Å². The van der Waals surface area contributed by atoms with Crippen molar-refractivity contribution in [1.82, 2.24) is 4.98 Å². The first-order valence-corrected chi connectivity index (χ1v) is 11.3. The predicted molar refractivity (Wildman–Crippen MR) is 117 cm³/mol. The third-order valence-electron chi connectivity index (χ3n) is 6.26. The van der Waals surface area contributed by atoms with Gasteiger partial charge in [-0.05, 0) is 52.0 Å². The number of aromatic nitrogens is 1. The smallest absolute Gasteiger partial charge is 0.309 e. The van der Waals surface area contributed by atoms with Crippen LogP contribution in [0.25, 0.3) is 10.6 Å². The van der Waals surface area contributed by atoms with Gasteiger partial charge >= 0.3 is 5.97 Å². The number of thiazole rings is 1. The summed E-state index contributed by atoms with van der Waals surface area (Å²) >= 11 is 1.57. The van der Waals surface area contributed by atoms with Crippen LogP contribution < -0.4 is 0 Å². The summed E-state index contributed by atoms with van der Waals surface area (Å²) in [5, 5.41) is 12.3. The van der Waals surface area contributed by atoms with Gasteiger partial charge in [0.15, 0.2) is 0 Å². The van der Waals surface area contributed by atoms with E-state index in [-0.39, 0.29) is 12.2 Å². The van der Waals surface area contributed by atoms with E-state index in [2.05, 4.69) is 24.3 Å². The van der Waals surface area contributed by atoms with Crippen molar-refractivity contribution in [2.75, 3.05) is 0 Å². The van der Waals surface area contributed by atoms with Crippen LogP contribution in [0.3, 0.4) is 0 Å². The van der Waals surface area contributed by atoms with E-state index in [9.17, 15) is 14.7 Å². The van der Waals surface area contributed by atoms with Crippen molar-refractivity contribution in [2.24, 2.45) is 5.41 Å². The molecule has 29 heavy (non-hydrogen) atoms. The van der Waals surface area contributed by atoms with Crippen LogP contribution in [0.15, 0.2) is 29.6 Å². The van der Waals surface area contributed by atoms with Gasteiger partial charge < -0.3 is 5.11 Å². The largest absolute Gasteiger partial charge is 0.481 e. The minimum Gasteiger partial charge on any atom is -0.481 e. The number of nitrogens with zero attached hydrogens (tertiary/aromatic N) is 1. The summed E-state index contributed by atoms with van der Waals surface area (Å²) in [5.41, 5.74) is 1.36. The molecule has 0 atom stereocenters. The van der Waals surface area contributed by atoms with Crippen molar-refractivity contribution >= 4 is 23.1 Å². The SMILES string of the molecule is CC(C)(CC(=O)C(C)(C)c1csc(-c2ccccc2C2CCCCC2)n1)C(=O)O. The lowest BCUT2D eigenvalue weighted by atomic mass is 9.76. The summed E-state index contributed by atoms with van der Waals surface area (Å²) in [4.78, 5) is 29.2. The van der Waals surface area contributed by atoms with Crippen LogP contribution in [-0.4, -0.2) is 21.8 Å². The highest BCUT2D eigenvalue weighted by molar-refractivity contribution is 7.13. The summed E-state index contributed by atoms with van der Waals surface area (Å²) in [6.07, 6.45) is 6.32. The van der Waals surface area contributed by atoms with Crippen molar-refractivity contribution in [3.05, 3.63) is 40.9 Å². The molecule has 156 valence electrons. The Morgan fingerprint density at radius 2 is 1.76 bits per heavy atom. The Balaban J connectivity index is 1.87. The minimum absolute atomic E-state index is 0.0130. The third kappa shape index (κ3) is 4.61. The fourth-order valence-corrected chi connectivity index (χ4v) is 5.02. The first-order valence-electron chi connectivity index (χ1n) is 10.4. The highest BCUT2D eigenvalue weighted by Crippen LogP contribution is 2.40. The molecule has 1 aliphatic rings. The number of aliphatic carboxylic acids is 1. The first-order chi connectivity index (χ1) is 13.6. The molecular formula is C24H31NO3S. The number of carbonyl (C=O) groups excluding carboxylic acids is 1. The molecule has 2 aromatic rings. The second-order valence-corrected chi connectivity index (χ2v) is 10.2. The van der Waals surface area contributed by atoms with Crippen molar-refractivity contribution in [3.8, 4) is 10.6 Å². The maximum atomic E-state index is 12.9. The van der Waals surface area contributed by atoms with E-state index >= 15 is 0 Å². The van der Waals surface area contributed by atoms with Gasteiger partial charge in [-0.3, -0.25) is 9.59 Å². The molecule has 0 spiro atoms. The van der Waals surface area contributed by atoms with Crippen LogP contribution in [0.5, 0.6) is 0 Å². The van der Waals surface area contributed by atoms with E-state index in [1.54, 1.807) is 25.2 Å². The topological polar surface area (TPSA) is 67.3 Å². The molecule has 1 aromatic heterocycles. The predicted octanol–water partition coefficient (Wildman–Crippen LogP) is 6.21. The zero-order chi connectivity index (χ0) is 21.2. The molecular weight excluding hydrogens is 382 g/mol. The molecule has 1 heterocycles. The van der Waals surface area contributed by atoms with Gasteiger partial charge in [-0.25, -0.2) is 4.98 Å². The zero-order valence-corrected chi connectivity index (χ0v) is 18.6. The van der Waals surface area contributed by atoms with Gasteiger partial charge in [0, 0.05) is 17.4 Å². The molecule has 1 N–H and O–H groups in total. The number of ketones is 1. The average molecular weight is 414 g/mol. The molecule has 3 rings (SSSR count). The maximum absolute atomic E-state index is 12.9. The number of hydrogen-bond donors (Lipinski definition) is 1. The van der Waals surface area contributed by atoms with Crippen LogP contribution in [0.4, 0.5) is 0 Å². The Morgan fingerprint density at radius 3 is 2.41 bits per heavy atom. The lowest BCUT2D eigenvalue weighted by Crippen LogP contribution is -2.36. The Morgan fingerprint density at radius 1 is 1.10 bits per heavy atom. The number of hydrogen-bond acceptors (Lipinski definition) is 4. The highest BCUT2D eigenvalue weighted by Gasteiger charge is 2.39. The normalized spacial score (nSPS) is 16.0. The average Bonchev–Trinajstić information content (AvgIpc) is 3.19. The number of rotatable bonds is 7. The summed E-state index contributed by atoms with van der Waals surface area (Å²) in [6, 6.07) is 8.50. The molecule has 1 aliphatic carbocycles. The summed E-state index contributed by atoms with van der Waals surface area (Å²) in [6.45, 7) is 6.88. The van der Waals surface area contributed by atoms with E-state index in [0.29, 0.717) is 5.92 Å². The van der Waals surface area contributed by atoms with E-state index in [1.807, 2.05) is 19.2 Å². The second kappa shape index (κ2) is 8.39. The summed E-state index contributed by atoms with van der Waals surface area (Å²) < 4.78 is 0. The molecule has 4 nitrogen and oxygen atoms in total. The van der Waals surface area contributed by atoms with E-state index in [0.717, 1.165) is 10.7 Å². The molecule has 0 unspecified atom stereocenters. The van der Waals surface area contributed by atoms with Crippen LogP contribution in [0.2, 0.25) is 0 Å². The fourth-order valence-electron chi connectivity index (χ4n) is 3.99. The maximum Gasteiger partial charge on any atom is 0.309 e. The first kappa shape index (κ1) is 21.7. The Labute approximate surface area is 177 Å². The lowest BCUT2D eigenvalue weighted by molar-refractivity contribution is -0.149. The van der Waals surface area contributed by atoms with Gasteiger partial charge in [0.05, 0.1) is 16.5 Å². The fraction of sp³-hybridized carbons (Fsp3) is 0.542. The van der Waals surface area contributed by atoms with Gasteiger partial charge in [0.25, 0.3) is 0 Å². The van der Waals surface area contributed by atoms with Crippen LogP contribution in [-0.2, 0) is 15.0 Å². The molecule has 5 heteroatoms. The number of carboxylic acids is 1. The molecule has 0 saturated heterocycles. The Bertz CT molecular complexity index is 891. The standard InChI is InChI=1S/C24H31NO3S/c1-23(2,22(27)28)14-20(26)24(3,4)19-15-29-21(25-19)18-13-9-8-12-17(18)16-10-6-5-7-11-16/h8-9,12-13,15-16H,5-7,10-11,14H2,1-4H3,(H,27,28). The molecule has 1 saturated carbocycles. The van der Waals surface area contributed by atoms with Crippen LogP contribution >= 0.6 is 11.3 Å². The molecule has 0 radical (unpaired) electrons. The highest BCUT2D eigenvalue weighted by atomic mass is 32.1. The molecule has 0 aliphatic heterocycles. The van der Waals surface area contributed by atoms with Crippen molar-refractivity contribution in [3.63, 3.8) is 0 Å². The monoisotopic (exact) mass is 413 g/mol. The number of carboxylic acid groups (broad SMARTS) is 1. The molecule has 1 fully saturated rings. The molecule has 1 aromatic carbocycles. The van der Waals surface area contributed by atoms with Crippen LogP contribution in [0.1, 0.15) is 83.4 Å². The minimum atomic E-state index is -1.08. The van der Waals surface area contributed by atoms with Gasteiger partial charge in [-0.2, -0.15) is 0 Å². The third-order valence-corrected chi connectivity index (χ3v) is 7.13. The van der Waals surface area contributed by atoms with Crippen molar-refractivity contribution < 1.29 is 14.7 Å². The van der Waals surface area contributed by atoms with Crippen molar-refractivity contribution in [2.45, 2.75) is 77.6 Å². The quantitative estimate of drug-likeness (QED) is 0.586. The number of benzene rings is 1. The van der Waals surface area contributed by atoms with Crippen molar-refractivity contribution in [1.29, 1.82) is 0 Å². The second-order valence-electron chi connectivity index (χ2n) is 9.37. The van der Waals surface area contributed by atoms with Gasteiger partial charge in [-0.1, -0.05) is 43.5 Å². The number of carbonyl (C=O) groups is 2. The summed E-state index contributed by atoms with van der Waals surface area (Å²) in [5.74, 6) is -0.470. The lowest BCUT2D eigenvalue weighted by Gasteiger charge is -2.26. The number of Topliss-reactive ketones (excluding diaryl/α,β-unsaturated/α-hetero) is 1. The van der Waals surface area contributed by atoms with E-state index < -0.39 is 16.8 Å². The van der Waals surface area contributed by atoms with E-state index in [1.165, 1.54) is 43.2 Å². The summed E-state index contributed by atoms with van der Waals surface area (Å²) in [7, 11) is 0. The van der Waals surface area contributed by atoms with Crippen LogP contribution in [0, 0.1) is 5.41 Å². The Hall–Kier alpha value is -2.01. The van der Waals surface area contributed by atoms with Gasteiger partial charge in [0.2, 0.25) is 0 Å². The van der Waals surface area contributed by atoms with E-state index in [4.69, 9.17) is 4.98 Å². The molecule has 0 bridgehead atoms. The van der Waals surface area contributed by atoms with Gasteiger partial charge in [0.1, 0.15) is 10.8 Å².